The standard InChI is InChI=1S/C7H12N2O2/c1-2-11-7(10)5-3-4-9-6(5)8/h3-4,7,9-10H,2,8H2,1H3. The monoisotopic (exact) mass is 156 g/mol. The minimum absolute atomic E-state index is 0.450. The van der Waals surface area contributed by atoms with Gasteiger partial charge in [0, 0.05) is 18.4 Å². The molecule has 0 aromatic carbocycles. The van der Waals surface area contributed by atoms with Gasteiger partial charge in [0.15, 0.2) is 6.29 Å². The Morgan fingerprint density at radius 3 is 3.00 bits per heavy atom. The molecule has 4 nitrogen and oxygen atoms in total. The minimum atomic E-state index is -0.911. The molecule has 4 N–H and O–H groups in total. The number of aliphatic hydroxyl groups is 1. The molecule has 0 bridgehead atoms. The van der Waals surface area contributed by atoms with Crippen LogP contribution >= 0.6 is 0 Å². The van der Waals surface area contributed by atoms with Crippen LogP contribution in [0.3, 0.4) is 0 Å². The van der Waals surface area contributed by atoms with Crippen molar-refractivity contribution in [3.05, 3.63) is 17.8 Å². The van der Waals surface area contributed by atoms with Gasteiger partial charge in [-0.3, -0.25) is 0 Å². The van der Waals surface area contributed by atoms with Gasteiger partial charge in [0.25, 0.3) is 0 Å². The maximum absolute atomic E-state index is 9.27. The van der Waals surface area contributed by atoms with E-state index in [1.165, 1.54) is 0 Å². The Morgan fingerprint density at radius 1 is 1.82 bits per heavy atom. The number of nitrogen functional groups attached to an aromatic ring is 1. The molecule has 0 spiro atoms. The largest absolute Gasteiger partial charge is 0.385 e. The normalized spacial score (nSPS) is 13.3. The number of anilines is 1. The molecule has 1 rings (SSSR count). The fourth-order valence-corrected chi connectivity index (χ4v) is 0.857. The number of nitrogens with one attached hydrogen (secondary N) is 1. The van der Waals surface area contributed by atoms with Gasteiger partial charge in [-0.15, -0.1) is 0 Å². The van der Waals surface area contributed by atoms with Crippen LogP contribution in [0.2, 0.25) is 0 Å². The molecule has 0 aliphatic rings. The van der Waals surface area contributed by atoms with Crippen LogP contribution in [-0.2, 0) is 4.74 Å². The number of H-pyrrole nitrogens is 1. The second-order valence-corrected chi connectivity index (χ2v) is 2.15. The van der Waals surface area contributed by atoms with Crippen LogP contribution in [0.5, 0.6) is 0 Å². The van der Waals surface area contributed by atoms with Crippen LogP contribution in [0.25, 0.3) is 0 Å². The molecule has 1 heterocycles. The lowest BCUT2D eigenvalue weighted by Crippen LogP contribution is -2.04. The van der Waals surface area contributed by atoms with Crippen molar-refractivity contribution in [1.82, 2.24) is 4.98 Å². The van der Waals surface area contributed by atoms with Crippen LogP contribution in [-0.4, -0.2) is 16.7 Å². The van der Waals surface area contributed by atoms with Gasteiger partial charge in [-0.1, -0.05) is 0 Å². The van der Waals surface area contributed by atoms with Gasteiger partial charge in [-0.05, 0) is 13.0 Å². The molecule has 1 atom stereocenters. The summed E-state index contributed by atoms with van der Waals surface area (Å²) in [5.74, 6) is 0.450. The van der Waals surface area contributed by atoms with Gasteiger partial charge in [-0.25, -0.2) is 0 Å². The quantitative estimate of drug-likeness (QED) is 0.562. The second kappa shape index (κ2) is 3.41. The highest BCUT2D eigenvalue weighted by Crippen LogP contribution is 2.19. The molecule has 1 unspecified atom stereocenters. The van der Waals surface area contributed by atoms with Crippen LogP contribution < -0.4 is 5.73 Å². The number of rotatable bonds is 3. The van der Waals surface area contributed by atoms with Crippen molar-refractivity contribution in [3.8, 4) is 0 Å². The van der Waals surface area contributed by atoms with Gasteiger partial charge in [0.05, 0.1) is 0 Å². The molecule has 4 heteroatoms. The van der Waals surface area contributed by atoms with E-state index in [0.717, 1.165) is 0 Å². The van der Waals surface area contributed by atoms with E-state index in [1.807, 2.05) is 6.92 Å². The highest BCUT2D eigenvalue weighted by molar-refractivity contribution is 5.40. The first-order chi connectivity index (χ1) is 5.25. The zero-order chi connectivity index (χ0) is 8.27. The van der Waals surface area contributed by atoms with E-state index < -0.39 is 6.29 Å². The number of nitrogens with two attached hydrogens (primary N) is 1. The van der Waals surface area contributed by atoms with E-state index in [4.69, 9.17) is 10.5 Å². The van der Waals surface area contributed by atoms with E-state index in [9.17, 15) is 5.11 Å². The molecule has 11 heavy (non-hydrogen) atoms. The van der Waals surface area contributed by atoms with Gasteiger partial charge in [0.2, 0.25) is 0 Å². The molecule has 0 saturated carbocycles. The molecule has 0 aliphatic carbocycles. The Balaban J connectivity index is 2.67. The summed E-state index contributed by atoms with van der Waals surface area (Å²) in [5, 5.41) is 9.27. The van der Waals surface area contributed by atoms with Crippen molar-refractivity contribution in [1.29, 1.82) is 0 Å². The Morgan fingerprint density at radius 2 is 2.55 bits per heavy atom. The smallest absolute Gasteiger partial charge is 0.184 e. The topological polar surface area (TPSA) is 71.3 Å². The van der Waals surface area contributed by atoms with E-state index >= 15 is 0 Å². The average molecular weight is 156 g/mol. The summed E-state index contributed by atoms with van der Waals surface area (Å²) in [6.07, 6.45) is 0.749. The number of aromatic nitrogens is 1. The SMILES string of the molecule is CCOC(O)c1cc[nH]c1N. The summed E-state index contributed by atoms with van der Waals surface area (Å²) >= 11 is 0. The van der Waals surface area contributed by atoms with E-state index in [2.05, 4.69) is 4.98 Å². The summed E-state index contributed by atoms with van der Waals surface area (Å²) in [6, 6.07) is 1.69. The van der Waals surface area contributed by atoms with Gasteiger partial charge in [-0.2, -0.15) is 0 Å². The molecular weight excluding hydrogens is 144 g/mol. The number of aromatic amines is 1. The van der Waals surface area contributed by atoms with Crippen LogP contribution in [0, 0.1) is 0 Å². The molecule has 1 aromatic rings. The fourth-order valence-electron chi connectivity index (χ4n) is 0.857. The first-order valence-electron chi connectivity index (χ1n) is 3.48. The minimum Gasteiger partial charge on any atom is -0.385 e. The van der Waals surface area contributed by atoms with Crippen LogP contribution in [0.4, 0.5) is 5.82 Å². The lowest BCUT2D eigenvalue weighted by Gasteiger charge is -2.08. The fraction of sp³-hybridized carbons (Fsp3) is 0.429. The number of hydrogen-bond acceptors (Lipinski definition) is 3. The highest BCUT2D eigenvalue weighted by Gasteiger charge is 2.10. The molecular formula is C7H12N2O2. The lowest BCUT2D eigenvalue weighted by atomic mass is 10.3. The van der Waals surface area contributed by atoms with E-state index in [-0.39, 0.29) is 0 Å². The van der Waals surface area contributed by atoms with Crippen molar-refractivity contribution in [3.63, 3.8) is 0 Å². The third-order valence-corrected chi connectivity index (χ3v) is 1.40. The Hall–Kier alpha value is -1.00. The third kappa shape index (κ3) is 1.72. The first-order valence-corrected chi connectivity index (χ1v) is 3.48. The summed E-state index contributed by atoms with van der Waals surface area (Å²) in [5.41, 5.74) is 6.07. The van der Waals surface area contributed by atoms with E-state index in [1.54, 1.807) is 12.3 Å². The summed E-state index contributed by atoms with van der Waals surface area (Å²) < 4.78 is 4.92. The summed E-state index contributed by atoms with van der Waals surface area (Å²) in [4.78, 5) is 2.75. The third-order valence-electron chi connectivity index (χ3n) is 1.40. The molecule has 0 saturated heterocycles. The predicted octanol–water partition coefficient (Wildman–Crippen LogP) is 0.624. The number of ether oxygens (including phenoxy) is 1. The highest BCUT2D eigenvalue weighted by atomic mass is 16.6. The van der Waals surface area contributed by atoms with Gasteiger partial charge in [0.1, 0.15) is 5.82 Å². The maximum atomic E-state index is 9.27. The number of hydrogen-bond donors (Lipinski definition) is 3. The van der Waals surface area contributed by atoms with Crippen molar-refractivity contribution >= 4 is 5.82 Å². The zero-order valence-corrected chi connectivity index (χ0v) is 6.37. The molecule has 62 valence electrons. The van der Waals surface area contributed by atoms with Crippen molar-refractivity contribution in [2.45, 2.75) is 13.2 Å². The average Bonchev–Trinajstić information content (AvgIpc) is 2.36. The lowest BCUT2D eigenvalue weighted by molar-refractivity contribution is -0.0973. The second-order valence-electron chi connectivity index (χ2n) is 2.15. The molecule has 0 amide bonds. The van der Waals surface area contributed by atoms with Gasteiger partial charge >= 0.3 is 0 Å². The maximum Gasteiger partial charge on any atom is 0.184 e. The zero-order valence-electron chi connectivity index (χ0n) is 6.37. The van der Waals surface area contributed by atoms with Crippen molar-refractivity contribution in [2.75, 3.05) is 12.3 Å². The molecule has 0 fully saturated rings. The Kier molecular flexibility index (Phi) is 2.51. The Labute approximate surface area is 65.0 Å². The predicted molar refractivity (Wildman–Crippen MR) is 41.8 cm³/mol. The van der Waals surface area contributed by atoms with Gasteiger partial charge < -0.3 is 20.6 Å². The summed E-state index contributed by atoms with van der Waals surface area (Å²) in [7, 11) is 0. The van der Waals surface area contributed by atoms with Crippen molar-refractivity contribution in [2.24, 2.45) is 0 Å². The molecule has 0 aliphatic heterocycles. The molecule has 1 aromatic heterocycles. The van der Waals surface area contributed by atoms with Crippen molar-refractivity contribution < 1.29 is 9.84 Å². The molecule has 0 radical (unpaired) electrons. The Bertz CT molecular complexity index is 222. The van der Waals surface area contributed by atoms with Crippen LogP contribution in [0.15, 0.2) is 12.3 Å². The van der Waals surface area contributed by atoms with Crippen LogP contribution in [0.1, 0.15) is 18.8 Å². The number of aliphatic hydroxyl groups excluding tert-OH is 1. The summed E-state index contributed by atoms with van der Waals surface area (Å²) in [6.45, 7) is 2.28. The first kappa shape index (κ1) is 8.10. The van der Waals surface area contributed by atoms with E-state index in [0.29, 0.717) is 18.0 Å².